The maximum absolute atomic E-state index is 11.8. The smallest absolute Gasteiger partial charge is 0.136 e. The van der Waals surface area contributed by atoms with Crippen LogP contribution in [0.4, 0.5) is 0 Å². The van der Waals surface area contributed by atoms with E-state index in [9.17, 15) is 4.79 Å². The van der Waals surface area contributed by atoms with Crippen LogP contribution in [0.1, 0.15) is 32.1 Å². The van der Waals surface area contributed by atoms with Crippen molar-refractivity contribution in [3.05, 3.63) is 30.3 Å². The molecule has 0 saturated heterocycles. The zero-order valence-corrected chi connectivity index (χ0v) is 10.3. The van der Waals surface area contributed by atoms with Gasteiger partial charge in [0.15, 0.2) is 0 Å². The van der Waals surface area contributed by atoms with E-state index in [0.29, 0.717) is 11.7 Å². The van der Waals surface area contributed by atoms with E-state index in [1.165, 1.54) is 17.7 Å². The number of Topliss-reactive ketones (excluding diaryl/α,β-unsaturated/α-hetero) is 1. The first-order valence-electron chi connectivity index (χ1n) is 6.07. The highest BCUT2D eigenvalue weighted by Gasteiger charge is 2.21. The van der Waals surface area contributed by atoms with Crippen LogP contribution in [0.2, 0.25) is 0 Å². The van der Waals surface area contributed by atoms with Gasteiger partial charge in [-0.25, -0.2) is 0 Å². The monoisotopic (exact) mass is 234 g/mol. The van der Waals surface area contributed by atoms with E-state index in [2.05, 4.69) is 12.1 Å². The Morgan fingerprint density at radius 3 is 2.56 bits per heavy atom. The number of hydrogen-bond acceptors (Lipinski definition) is 2. The molecule has 0 heterocycles. The molecule has 0 spiro atoms. The Morgan fingerprint density at radius 2 is 1.88 bits per heavy atom. The molecule has 1 nitrogen and oxygen atoms in total. The normalized spacial score (nSPS) is 16.5. The van der Waals surface area contributed by atoms with E-state index in [0.717, 1.165) is 25.0 Å². The zero-order chi connectivity index (χ0) is 11.2. The van der Waals surface area contributed by atoms with Gasteiger partial charge in [-0.3, -0.25) is 4.79 Å². The van der Waals surface area contributed by atoms with Crippen LogP contribution in [-0.4, -0.2) is 11.5 Å². The Bertz CT molecular complexity index is 328. The molecule has 86 valence electrons. The lowest BCUT2D eigenvalue weighted by atomic mass is 10.0. The predicted molar refractivity (Wildman–Crippen MR) is 68.7 cm³/mol. The van der Waals surface area contributed by atoms with E-state index >= 15 is 0 Å². The minimum Gasteiger partial charge on any atom is -0.299 e. The second-order valence-corrected chi connectivity index (χ2v) is 5.53. The molecule has 0 aliphatic heterocycles. The number of thioether (sulfide) groups is 1. The molecule has 0 N–H and O–H groups in total. The number of hydrogen-bond donors (Lipinski definition) is 0. The summed E-state index contributed by atoms with van der Waals surface area (Å²) in [5, 5.41) is 0. The van der Waals surface area contributed by atoms with E-state index in [1.807, 2.05) is 18.2 Å². The third-order valence-corrected chi connectivity index (χ3v) is 4.18. The van der Waals surface area contributed by atoms with Crippen LogP contribution in [0.15, 0.2) is 35.2 Å². The van der Waals surface area contributed by atoms with Gasteiger partial charge in [0.2, 0.25) is 0 Å². The van der Waals surface area contributed by atoms with Gasteiger partial charge in [0.1, 0.15) is 5.78 Å². The molecule has 1 aliphatic rings. The molecule has 1 fully saturated rings. The van der Waals surface area contributed by atoms with Crippen LogP contribution in [0.25, 0.3) is 0 Å². The van der Waals surface area contributed by atoms with Gasteiger partial charge >= 0.3 is 0 Å². The fraction of sp³-hybridized carbons (Fsp3) is 0.500. The molecule has 2 heteroatoms. The fourth-order valence-corrected chi connectivity index (χ4v) is 3.13. The quantitative estimate of drug-likeness (QED) is 0.718. The molecule has 0 bridgehead atoms. The first-order chi connectivity index (χ1) is 7.86. The third kappa shape index (κ3) is 3.38. The van der Waals surface area contributed by atoms with Gasteiger partial charge < -0.3 is 0 Å². The van der Waals surface area contributed by atoms with Crippen molar-refractivity contribution >= 4 is 17.5 Å². The van der Waals surface area contributed by atoms with Gasteiger partial charge in [0, 0.05) is 23.0 Å². The van der Waals surface area contributed by atoms with E-state index < -0.39 is 0 Å². The Balaban J connectivity index is 1.70. The largest absolute Gasteiger partial charge is 0.299 e. The van der Waals surface area contributed by atoms with E-state index in [-0.39, 0.29) is 0 Å². The molecule has 0 amide bonds. The van der Waals surface area contributed by atoms with Crippen molar-refractivity contribution < 1.29 is 4.79 Å². The average molecular weight is 234 g/mol. The standard InChI is InChI=1S/C14H18OS/c15-14(12-6-4-5-7-12)10-11-16-13-8-2-1-3-9-13/h1-3,8-9,12H,4-7,10-11H2. The van der Waals surface area contributed by atoms with Crippen LogP contribution >= 0.6 is 11.8 Å². The summed E-state index contributed by atoms with van der Waals surface area (Å²) in [4.78, 5) is 13.1. The number of carbonyl (C=O) groups is 1. The third-order valence-electron chi connectivity index (χ3n) is 3.17. The molecular formula is C14H18OS. The fourth-order valence-electron chi connectivity index (χ4n) is 2.24. The highest BCUT2D eigenvalue weighted by molar-refractivity contribution is 7.99. The van der Waals surface area contributed by atoms with Gasteiger partial charge in [-0.1, -0.05) is 31.0 Å². The van der Waals surface area contributed by atoms with Crippen molar-refractivity contribution in [1.82, 2.24) is 0 Å². The van der Waals surface area contributed by atoms with Crippen molar-refractivity contribution in [2.75, 3.05) is 5.75 Å². The first-order valence-corrected chi connectivity index (χ1v) is 7.05. The van der Waals surface area contributed by atoms with Gasteiger partial charge in [-0.15, -0.1) is 11.8 Å². The first kappa shape index (κ1) is 11.7. The summed E-state index contributed by atoms with van der Waals surface area (Å²) < 4.78 is 0. The Morgan fingerprint density at radius 1 is 1.19 bits per heavy atom. The number of carbonyl (C=O) groups excluding carboxylic acids is 1. The Hall–Kier alpha value is -0.760. The molecule has 0 unspecified atom stereocenters. The summed E-state index contributed by atoms with van der Waals surface area (Å²) in [5.41, 5.74) is 0. The molecule has 0 radical (unpaired) electrons. The summed E-state index contributed by atoms with van der Waals surface area (Å²) in [6, 6.07) is 10.3. The molecule has 16 heavy (non-hydrogen) atoms. The highest BCUT2D eigenvalue weighted by Crippen LogP contribution is 2.27. The lowest BCUT2D eigenvalue weighted by Crippen LogP contribution is -2.11. The maximum atomic E-state index is 11.8. The lowest BCUT2D eigenvalue weighted by molar-refractivity contribution is -0.122. The number of benzene rings is 1. The van der Waals surface area contributed by atoms with Gasteiger partial charge in [0.25, 0.3) is 0 Å². The molecular weight excluding hydrogens is 216 g/mol. The summed E-state index contributed by atoms with van der Waals surface area (Å²) in [5.74, 6) is 1.80. The molecule has 1 saturated carbocycles. The van der Waals surface area contributed by atoms with Crippen LogP contribution in [0.5, 0.6) is 0 Å². The summed E-state index contributed by atoms with van der Waals surface area (Å²) in [6.07, 6.45) is 5.51. The molecule has 1 aromatic carbocycles. The van der Waals surface area contributed by atoms with Crippen LogP contribution in [-0.2, 0) is 4.79 Å². The van der Waals surface area contributed by atoms with Crippen LogP contribution in [0, 0.1) is 5.92 Å². The van der Waals surface area contributed by atoms with E-state index in [4.69, 9.17) is 0 Å². The van der Waals surface area contributed by atoms with Crippen molar-refractivity contribution in [2.45, 2.75) is 37.0 Å². The highest BCUT2D eigenvalue weighted by atomic mass is 32.2. The maximum Gasteiger partial charge on any atom is 0.136 e. The molecule has 2 rings (SSSR count). The number of rotatable bonds is 5. The topological polar surface area (TPSA) is 17.1 Å². The zero-order valence-electron chi connectivity index (χ0n) is 9.52. The summed E-state index contributed by atoms with van der Waals surface area (Å²) in [6.45, 7) is 0. The minimum absolute atomic E-state index is 0.386. The predicted octanol–water partition coefficient (Wildman–Crippen LogP) is 3.93. The average Bonchev–Trinajstić information content (AvgIpc) is 2.84. The number of ketones is 1. The molecule has 1 aliphatic carbocycles. The summed E-state index contributed by atoms with van der Waals surface area (Å²) >= 11 is 1.79. The van der Waals surface area contributed by atoms with Crippen molar-refractivity contribution in [3.63, 3.8) is 0 Å². The Kier molecular flexibility index (Phi) is 4.46. The summed E-state index contributed by atoms with van der Waals surface area (Å²) in [7, 11) is 0. The van der Waals surface area contributed by atoms with Crippen LogP contribution < -0.4 is 0 Å². The second-order valence-electron chi connectivity index (χ2n) is 4.36. The Labute approximate surface area is 102 Å². The SMILES string of the molecule is O=C(CCSc1ccccc1)C1CCCC1. The van der Waals surface area contributed by atoms with Crippen molar-refractivity contribution in [1.29, 1.82) is 0 Å². The second kappa shape index (κ2) is 6.09. The van der Waals surface area contributed by atoms with Gasteiger partial charge in [0.05, 0.1) is 0 Å². The van der Waals surface area contributed by atoms with E-state index in [1.54, 1.807) is 11.8 Å². The molecule has 0 aromatic heterocycles. The van der Waals surface area contributed by atoms with Crippen LogP contribution in [0.3, 0.4) is 0 Å². The molecule has 1 aromatic rings. The van der Waals surface area contributed by atoms with Gasteiger partial charge in [-0.2, -0.15) is 0 Å². The van der Waals surface area contributed by atoms with Gasteiger partial charge in [-0.05, 0) is 25.0 Å². The van der Waals surface area contributed by atoms with Crippen molar-refractivity contribution in [3.8, 4) is 0 Å². The minimum atomic E-state index is 0.386. The molecule has 0 atom stereocenters. The van der Waals surface area contributed by atoms with Crippen molar-refractivity contribution in [2.24, 2.45) is 5.92 Å². The lowest BCUT2D eigenvalue weighted by Gasteiger charge is -2.07.